The van der Waals surface area contributed by atoms with Crippen LogP contribution in [0.1, 0.15) is 79.1 Å². The fourth-order valence-corrected chi connectivity index (χ4v) is 2.64. The molecule has 0 heterocycles. The van der Waals surface area contributed by atoms with Crippen molar-refractivity contribution in [2.45, 2.75) is 79.1 Å². The first-order chi connectivity index (χ1) is 10.2. The Kier molecular flexibility index (Phi) is 22.7. The molecule has 0 radical (unpaired) electrons. The summed E-state index contributed by atoms with van der Waals surface area (Å²) in [6, 6.07) is 0. The summed E-state index contributed by atoms with van der Waals surface area (Å²) >= 11 is 10.2. The van der Waals surface area contributed by atoms with Gasteiger partial charge in [-0.05, 0) is 25.7 Å². The zero-order valence-electron chi connectivity index (χ0n) is 14.9. The zero-order chi connectivity index (χ0) is 17.5. The van der Waals surface area contributed by atoms with Crippen LogP contribution in [0.15, 0.2) is 0 Å². The molecule has 22 heavy (non-hydrogen) atoms. The Labute approximate surface area is 185 Å². The average molecular weight is 934 g/mol. The minimum atomic E-state index is -1.29. The van der Waals surface area contributed by atoms with Crippen LogP contribution in [0.3, 0.4) is 0 Å². The molecule has 0 aromatic carbocycles. The Balaban J connectivity index is 0. The standard InChI is InChI=1S/C16H36N.4HI.W/c1-5-9-13-17(14-10-6-2,15-11-7-3)16-12-8-4;;;;;/h5-16H2,1-4H3;4*1H;/q+1;;;;;+4/p-4. The van der Waals surface area contributed by atoms with Gasteiger partial charge < -0.3 is 4.48 Å². The SMILES string of the molecule is CCCC[N+](CCCC)(CCCC)CCCC.[I][W]([I])([I])[I]. The molecule has 138 valence electrons. The Bertz CT molecular complexity index is 191. The number of halogens is 4. The molecule has 0 atom stereocenters. The second-order valence-corrected chi connectivity index (χ2v) is 135. The van der Waals surface area contributed by atoms with Gasteiger partial charge >= 0.3 is 78.7 Å². The molecule has 0 spiro atoms. The molecular formula is C16H36I4NW+. The van der Waals surface area contributed by atoms with Crippen LogP contribution in [0.25, 0.3) is 0 Å². The molecule has 0 aliphatic rings. The maximum atomic E-state index is 2.55. The zero-order valence-corrected chi connectivity index (χ0v) is 26.4. The van der Waals surface area contributed by atoms with Gasteiger partial charge in [0.15, 0.2) is 0 Å². The number of hydrogen-bond acceptors (Lipinski definition) is 0. The number of hydrogen-bond donors (Lipinski definition) is 0. The van der Waals surface area contributed by atoms with Crippen molar-refractivity contribution in [3.8, 4) is 0 Å². The number of unbranched alkanes of at least 4 members (excludes halogenated alkanes) is 4. The van der Waals surface area contributed by atoms with Gasteiger partial charge in [0, 0.05) is 0 Å². The predicted octanol–water partition coefficient (Wildman–Crippen LogP) is 8.54. The van der Waals surface area contributed by atoms with Crippen molar-refractivity contribution in [2.24, 2.45) is 0 Å². The van der Waals surface area contributed by atoms with Crippen molar-refractivity contribution in [3.63, 3.8) is 0 Å². The van der Waals surface area contributed by atoms with Crippen molar-refractivity contribution in [1.82, 2.24) is 0 Å². The van der Waals surface area contributed by atoms with Gasteiger partial charge in [0.1, 0.15) is 0 Å². The van der Waals surface area contributed by atoms with E-state index >= 15 is 0 Å². The van der Waals surface area contributed by atoms with Crippen LogP contribution < -0.4 is 0 Å². The Morgan fingerprint density at radius 3 is 0.864 bits per heavy atom. The van der Waals surface area contributed by atoms with Crippen LogP contribution in [0, 0.1) is 0 Å². The van der Waals surface area contributed by atoms with E-state index in [4.69, 9.17) is 0 Å². The van der Waals surface area contributed by atoms with E-state index in [-0.39, 0.29) is 0 Å². The molecule has 0 aliphatic heterocycles. The fraction of sp³-hybridized carbons (Fsp3) is 1.00. The molecule has 0 saturated carbocycles. The van der Waals surface area contributed by atoms with Crippen LogP contribution in [-0.2, 0) is 1.33 Å². The summed E-state index contributed by atoms with van der Waals surface area (Å²) in [5, 5.41) is 0. The number of rotatable bonds is 12. The summed E-state index contributed by atoms with van der Waals surface area (Å²) < 4.78 is 0.133. The van der Waals surface area contributed by atoms with E-state index in [0.29, 0.717) is 0 Å². The van der Waals surface area contributed by atoms with Crippen molar-refractivity contribution >= 4 is 77.4 Å². The van der Waals surface area contributed by atoms with Crippen LogP contribution in [0.5, 0.6) is 0 Å². The van der Waals surface area contributed by atoms with Crippen molar-refractivity contribution in [1.29, 1.82) is 0 Å². The van der Waals surface area contributed by atoms with Crippen LogP contribution in [-0.4, -0.2) is 30.7 Å². The summed E-state index contributed by atoms with van der Waals surface area (Å²) in [7, 11) is 0. The van der Waals surface area contributed by atoms with Crippen LogP contribution in [0.2, 0.25) is 0 Å². The molecule has 0 rings (SSSR count). The third-order valence-electron chi connectivity index (χ3n) is 3.94. The van der Waals surface area contributed by atoms with Gasteiger partial charge in [0.05, 0.1) is 26.2 Å². The summed E-state index contributed by atoms with van der Waals surface area (Å²) in [4.78, 5) is 0. The van der Waals surface area contributed by atoms with E-state index < -0.39 is 1.33 Å². The Morgan fingerprint density at radius 1 is 0.545 bits per heavy atom. The van der Waals surface area contributed by atoms with E-state index in [1.54, 1.807) is 0 Å². The molecule has 0 fully saturated rings. The topological polar surface area (TPSA) is 0 Å². The first-order valence-electron chi connectivity index (χ1n) is 8.71. The summed E-state index contributed by atoms with van der Waals surface area (Å²) in [6.07, 6.45) is 11.1. The second-order valence-electron chi connectivity index (χ2n) is 6.00. The average Bonchev–Trinajstić information content (AvgIpc) is 2.44. The number of nitrogens with zero attached hydrogens (tertiary/aromatic N) is 1. The van der Waals surface area contributed by atoms with Gasteiger partial charge in [-0.1, -0.05) is 53.4 Å². The molecule has 0 unspecified atom stereocenters. The van der Waals surface area contributed by atoms with E-state index in [2.05, 4.69) is 105 Å². The third-order valence-corrected chi connectivity index (χ3v) is 3.94. The molecule has 0 amide bonds. The molecule has 6 heteroatoms. The molecule has 1 nitrogen and oxygen atoms in total. The molecule has 0 N–H and O–H groups in total. The van der Waals surface area contributed by atoms with E-state index in [9.17, 15) is 0 Å². The maximum absolute atomic E-state index is 2.55. The molecule has 0 aromatic rings. The number of quaternary nitrogens is 1. The first kappa shape index (κ1) is 27.8. The normalized spacial score (nSPS) is 12.7. The van der Waals surface area contributed by atoms with Gasteiger partial charge in [-0.15, -0.1) is 0 Å². The summed E-state index contributed by atoms with van der Waals surface area (Å²) in [5.74, 6) is 0. The van der Waals surface area contributed by atoms with E-state index in [1.807, 2.05) is 0 Å². The van der Waals surface area contributed by atoms with Crippen molar-refractivity contribution < 1.29 is 5.82 Å². The van der Waals surface area contributed by atoms with Crippen molar-refractivity contribution in [3.05, 3.63) is 0 Å². The first-order valence-corrected chi connectivity index (χ1v) is 42.0. The van der Waals surface area contributed by atoms with E-state index in [1.165, 1.54) is 82.0 Å². The third kappa shape index (κ3) is 21.6. The molecular weight excluding hydrogens is 898 g/mol. The van der Waals surface area contributed by atoms with Gasteiger partial charge in [-0.3, -0.25) is 0 Å². The quantitative estimate of drug-likeness (QED) is 0.136. The minimum absolute atomic E-state index is 1.29. The van der Waals surface area contributed by atoms with E-state index in [0.717, 1.165) is 0 Å². The van der Waals surface area contributed by atoms with Gasteiger partial charge in [0.2, 0.25) is 0 Å². The van der Waals surface area contributed by atoms with Gasteiger partial charge in [0.25, 0.3) is 0 Å². The Morgan fingerprint density at radius 2 is 0.727 bits per heavy atom. The molecule has 0 aromatic heterocycles. The van der Waals surface area contributed by atoms with Crippen molar-refractivity contribution in [2.75, 3.05) is 26.2 Å². The molecule has 0 bridgehead atoms. The second kappa shape index (κ2) is 18.0. The fourth-order valence-electron chi connectivity index (χ4n) is 2.64. The Hall–Kier alpha value is 3.57. The van der Waals surface area contributed by atoms with Crippen LogP contribution >= 0.6 is 77.4 Å². The van der Waals surface area contributed by atoms with Gasteiger partial charge in [-0.25, -0.2) is 0 Å². The summed E-state index contributed by atoms with van der Waals surface area (Å²) in [5.41, 5.74) is 0. The molecule has 0 aliphatic carbocycles. The summed E-state index contributed by atoms with van der Waals surface area (Å²) in [6.45, 7) is 15.0. The van der Waals surface area contributed by atoms with Crippen LogP contribution in [0.4, 0.5) is 0 Å². The van der Waals surface area contributed by atoms with Gasteiger partial charge in [-0.2, -0.15) is 0 Å². The predicted molar refractivity (Wildman–Crippen MR) is 135 cm³/mol. The monoisotopic (exact) mass is 934 g/mol. The molecule has 0 saturated heterocycles.